The minimum Gasteiger partial charge on any atom is -0.618 e. The van der Waals surface area contributed by atoms with E-state index in [1.807, 2.05) is 72.8 Å². The molecule has 1 aromatic heterocycles. The molecule has 10 heteroatoms. The lowest BCUT2D eigenvalue weighted by Crippen LogP contribution is -2.32. The average molecular weight is 670 g/mol. The van der Waals surface area contributed by atoms with Crippen molar-refractivity contribution in [2.45, 2.75) is 75.7 Å². The molecule has 2 heterocycles. The van der Waals surface area contributed by atoms with E-state index < -0.39 is 6.29 Å². The van der Waals surface area contributed by atoms with Gasteiger partial charge in [0.2, 0.25) is 11.8 Å². The summed E-state index contributed by atoms with van der Waals surface area (Å²) in [5.74, 6) is 0.567. The molecule has 0 spiro atoms. The van der Waals surface area contributed by atoms with Crippen molar-refractivity contribution < 1.29 is 28.9 Å². The Balaban J connectivity index is 1.24. The van der Waals surface area contributed by atoms with Crippen molar-refractivity contribution >= 4 is 23.6 Å². The number of carbonyl (C=O) groups excluding carboxylic acids is 2. The molecule has 1 fully saturated rings. The maximum atomic E-state index is 12.5. The molecule has 1 aliphatic rings. The Morgan fingerprint density at radius 2 is 1.65 bits per heavy atom. The lowest BCUT2D eigenvalue weighted by molar-refractivity contribution is -0.645. The first-order valence-electron chi connectivity index (χ1n) is 16.4. The first-order chi connectivity index (χ1) is 23.4. The van der Waals surface area contributed by atoms with Crippen molar-refractivity contribution in [2.75, 3.05) is 12.3 Å². The number of carbonyl (C=O) groups is 2. The second-order valence-electron chi connectivity index (χ2n) is 11.9. The Kier molecular flexibility index (Phi) is 13.0. The number of amides is 2. The summed E-state index contributed by atoms with van der Waals surface area (Å²) < 4.78 is 13.8. The zero-order chi connectivity index (χ0) is 33.7. The molecule has 9 nitrogen and oxygen atoms in total. The largest absolute Gasteiger partial charge is 0.618 e. The molecular weight excluding hydrogens is 627 g/mol. The van der Waals surface area contributed by atoms with Gasteiger partial charge in [0.15, 0.2) is 12.5 Å². The van der Waals surface area contributed by atoms with Crippen LogP contribution in [0, 0.1) is 5.21 Å². The highest BCUT2D eigenvalue weighted by Gasteiger charge is 2.32. The van der Waals surface area contributed by atoms with Crippen LogP contribution in [0.3, 0.4) is 0 Å². The topological polar surface area (TPSA) is 124 Å². The number of nitrogens with one attached hydrogen (secondary N) is 2. The first-order valence-corrected chi connectivity index (χ1v) is 17.4. The van der Waals surface area contributed by atoms with Gasteiger partial charge in [-0.15, -0.1) is 0 Å². The van der Waals surface area contributed by atoms with Gasteiger partial charge in [-0.3, -0.25) is 9.59 Å². The molecule has 3 aromatic carbocycles. The zero-order valence-corrected chi connectivity index (χ0v) is 28.0. The fraction of sp³-hybridized carbons (Fsp3) is 0.342. The summed E-state index contributed by atoms with van der Waals surface area (Å²) in [6.07, 6.45) is 4.09. The van der Waals surface area contributed by atoms with Crippen LogP contribution < -0.4 is 15.4 Å². The summed E-state index contributed by atoms with van der Waals surface area (Å²) in [6, 6.07) is 29.3. The number of benzene rings is 3. The lowest BCUT2D eigenvalue weighted by Gasteiger charge is -2.36. The van der Waals surface area contributed by atoms with E-state index >= 15 is 0 Å². The number of rotatable bonds is 15. The SMILES string of the molecule is CC(=O)NCCCCCC(=O)NCc1ccccc1-c1ccc([C@@H]2O[C@H](CSc3cccc[n+]3[O-])C[C@H](c3ccc(CO)cc3)O2)cc1. The molecule has 0 unspecified atom stereocenters. The second kappa shape index (κ2) is 17.8. The summed E-state index contributed by atoms with van der Waals surface area (Å²) in [7, 11) is 0. The highest BCUT2D eigenvalue weighted by molar-refractivity contribution is 7.99. The van der Waals surface area contributed by atoms with E-state index in [4.69, 9.17) is 9.47 Å². The highest BCUT2D eigenvalue weighted by atomic mass is 32.2. The molecule has 0 radical (unpaired) electrons. The van der Waals surface area contributed by atoms with Gasteiger partial charge in [-0.05, 0) is 46.7 Å². The van der Waals surface area contributed by atoms with Crippen molar-refractivity contribution in [3.05, 3.63) is 125 Å². The van der Waals surface area contributed by atoms with Crippen LogP contribution in [-0.2, 0) is 32.2 Å². The van der Waals surface area contributed by atoms with E-state index in [1.54, 1.807) is 12.1 Å². The van der Waals surface area contributed by atoms with E-state index in [-0.39, 0.29) is 30.6 Å². The lowest BCUT2D eigenvalue weighted by atomic mass is 9.97. The predicted molar refractivity (Wildman–Crippen MR) is 185 cm³/mol. The Bertz CT molecular complexity index is 1630. The van der Waals surface area contributed by atoms with Gasteiger partial charge in [-0.2, -0.15) is 4.73 Å². The molecule has 5 rings (SSSR count). The number of aliphatic hydroxyl groups excluding tert-OH is 1. The van der Waals surface area contributed by atoms with Crippen molar-refractivity contribution in [1.29, 1.82) is 0 Å². The van der Waals surface area contributed by atoms with Gasteiger partial charge in [-0.25, -0.2) is 0 Å². The molecule has 252 valence electrons. The number of thioether (sulfide) groups is 1. The predicted octanol–water partition coefficient (Wildman–Crippen LogP) is 6.13. The maximum absolute atomic E-state index is 12.5. The van der Waals surface area contributed by atoms with Crippen molar-refractivity contribution in [2.24, 2.45) is 0 Å². The van der Waals surface area contributed by atoms with E-state index in [9.17, 15) is 19.9 Å². The number of pyridine rings is 1. The van der Waals surface area contributed by atoms with Crippen molar-refractivity contribution in [1.82, 2.24) is 10.6 Å². The molecule has 4 aromatic rings. The summed E-state index contributed by atoms with van der Waals surface area (Å²) in [6.45, 7) is 2.55. The maximum Gasteiger partial charge on any atom is 0.251 e. The van der Waals surface area contributed by atoms with Crippen LogP contribution >= 0.6 is 11.8 Å². The van der Waals surface area contributed by atoms with Crippen LogP contribution in [0.15, 0.2) is 102 Å². The Labute approximate surface area is 286 Å². The fourth-order valence-corrected chi connectivity index (χ4v) is 6.57. The van der Waals surface area contributed by atoms with E-state index in [1.165, 1.54) is 24.9 Å². The smallest absolute Gasteiger partial charge is 0.251 e. The first kappa shape index (κ1) is 35.1. The Hall–Kier alpha value is -4.22. The van der Waals surface area contributed by atoms with Gasteiger partial charge < -0.3 is 30.4 Å². The standard InChI is InChI=1S/C38H43N3O6S/c1-27(43)39-21-7-2-3-11-36(44)40-24-32-9-4-5-10-34(32)29-17-19-31(20-18-29)38-46-33(26-48-37-12-6-8-22-41(37)45)23-35(47-38)30-15-13-28(25-42)14-16-30/h4-6,8-10,12-20,22,33,35,38,42H,2-3,7,11,21,23-26H2,1H3,(H,39,43)(H,40,44)/t33-,35+,38+/m0/s1. The van der Waals surface area contributed by atoms with Crippen LogP contribution in [0.5, 0.6) is 0 Å². The molecule has 0 saturated carbocycles. The summed E-state index contributed by atoms with van der Waals surface area (Å²) in [5, 5.41) is 28.2. The summed E-state index contributed by atoms with van der Waals surface area (Å²) in [4.78, 5) is 23.5. The summed E-state index contributed by atoms with van der Waals surface area (Å²) >= 11 is 1.46. The minimum atomic E-state index is -0.608. The number of unbranched alkanes of at least 4 members (excludes halogenated alkanes) is 2. The van der Waals surface area contributed by atoms with E-state index in [2.05, 4.69) is 16.7 Å². The van der Waals surface area contributed by atoms with Gasteiger partial charge in [-0.1, -0.05) is 91.0 Å². The molecule has 3 atom stereocenters. The third kappa shape index (κ3) is 10.1. The van der Waals surface area contributed by atoms with Crippen molar-refractivity contribution in [3.63, 3.8) is 0 Å². The van der Waals surface area contributed by atoms with E-state index in [0.29, 0.717) is 36.7 Å². The molecule has 1 saturated heterocycles. The van der Waals surface area contributed by atoms with Crippen LogP contribution in [-0.4, -0.2) is 35.3 Å². The summed E-state index contributed by atoms with van der Waals surface area (Å²) in [5.41, 5.74) is 5.80. The normalized spacial score (nSPS) is 17.5. The number of hydrogen-bond donors (Lipinski definition) is 3. The van der Waals surface area contributed by atoms with E-state index in [0.717, 1.165) is 57.4 Å². The molecule has 2 amide bonds. The molecule has 3 N–H and O–H groups in total. The number of aliphatic hydroxyl groups is 1. The molecular formula is C38H43N3O6S. The Morgan fingerprint density at radius 3 is 2.40 bits per heavy atom. The van der Waals surface area contributed by atoms with Crippen molar-refractivity contribution in [3.8, 4) is 11.1 Å². The third-order valence-corrected chi connectivity index (χ3v) is 9.41. The van der Waals surface area contributed by atoms with Gasteiger partial charge >= 0.3 is 0 Å². The van der Waals surface area contributed by atoms with Crippen LogP contribution in [0.2, 0.25) is 0 Å². The number of hydrogen-bond acceptors (Lipinski definition) is 7. The molecule has 0 bridgehead atoms. The molecule has 1 aliphatic heterocycles. The van der Waals surface area contributed by atoms with Crippen LogP contribution in [0.4, 0.5) is 0 Å². The van der Waals surface area contributed by atoms with Crippen LogP contribution in [0.1, 0.15) is 73.7 Å². The highest BCUT2D eigenvalue weighted by Crippen LogP contribution is 2.39. The van der Waals surface area contributed by atoms with Gasteiger partial charge in [0.25, 0.3) is 5.03 Å². The number of ether oxygens (including phenoxy) is 2. The second-order valence-corrected chi connectivity index (χ2v) is 12.9. The molecule has 0 aliphatic carbocycles. The van der Waals surface area contributed by atoms with Gasteiger partial charge in [0.1, 0.15) is 0 Å². The fourth-order valence-electron chi connectivity index (χ4n) is 5.64. The third-order valence-electron chi connectivity index (χ3n) is 8.26. The average Bonchev–Trinajstić information content (AvgIpc) is 3.12. The van der Waals surface area contributed by atoms with Crippen LogP contribution in [0.25, 0.3) is 11.1 Å². The Morgan fingerprint density at radius 1 is 0.896 bits per heavy atom. The quantitative estimate of drug-likeness (QED) is 0.0602. The number of nitrogens with zero attached hydrogens (tertiary/aromatic N) is 1. The zero-order valence-electron chi connectivity index (χ0n) is 27.2. The molecule has 48 heavy (non-hydrogen) atoms. The minimum absolute atomic E-state index is 0.0110. The van der Waals surface area contributed by atoms with Gasteiger partial charge in [0, 0.05) is 56.3 Å². The number of aromatic nitrogens is 1. The monoisotopic (exact) mass is 669 g/mol. The van der Waals surface area contributed by atoms with Gasteiger partial charge in [0.05, 0.1) is 18.8 Å².